The molecule has 2 aliphatic heterocycles. The first-order valence-electron chi connectivity index (χ1n) is 11.0. The molecule has 4 rings (SSSR count). The van der Waals surface area contributed by atoms with E-state index >= 15 is 0 Å². The van der Waals surface area contributed by atoms with Gasteiger partial charge in [-0.2, -0.15) is 4.31 Å². The fraction of sp³-hybridized carbons (Fsp3) is 0.417. The van der Waals surface area contributed by atoms with E-state index in [2.05, 4.69) is 15.9 Å². The number of carbonyl (C=O) groups is 2. The number of amides is 2. The van der Waals surface area contributed by atoms with E-state index in [0.29, 0.717) is 36.0 Å². The van der Waals surface area contributed by atoms with Crippen LogP contribution >= 0.6 is 15.9 Å². The van der Waals surface area contributed by atoms with Crippen molar-refractivity contribution in [2.75, 3.05) is 36.5 Å². The monoisotopic (exact) mass is 533 g/mol. The zero-order valence-electron chi connectivity index (χ0n) is 19.0. The Morgan fingerprint density at radius 1 is 1.09 bits per heavy atom. The molecule has 0 spiro atoms. The zero-order chi connectivity index (χ0) is 23.9. The summed E-state index contributed by atoms with van der Waals surface area (Å²) in [4.78, 5) is 28.4. The second-order valence-corrected chi connectivity index (χ2v) is 11.5. The Bertz CT molecular complexity index is 1210. The van der Waals surface area contributed by atoms with E-state index in [1.807, 2.05) is 31.2 Å². The molecule has 0 N–H and O–H groups in total. The summed E-state index contributed by atoms with van der Waals surface area (Å²) in [6, 6.07) is 11.2. The van der Waals surface area contributed by atoms with E-state index in [4.69, 9.17) is 0 Å². The molecule has 2 aliphatic rings. The van der Waals surface area contributed by atoms with Gasteiger partial charge in [-0.15, -0.1) is 0 Å². The van der Waals surface area contributed by atoms with Crippen LogP contribution in [0.15, 0.2) is 45.8 Å². The number of hydrogen-bond acceptors (Lipinski definition) is 4. The average Bonchev–Trinajstić information content (AvgIpc) is 3.20. The third-order valence-electron chi connectivity index (χ3n) is 6.55. The SMILES string of the molecule is CC(=O)N1CCc2cc(Br)c(S(=O)(=O)N3CCC(C(=O)N(C)c4cccc(C)c4)CC3)cc21. The number of nitrogens with zero attached hydrogens (tertiary/aromatic N) is 3. The molecule has 0 aromatic heterocycles. The number of rotatable bonds is 4. The van der Waals surface area contributed by atoms with E-state index in [1.54, 1.807) is 29.0 Å². The highest BCUT2D eigenvalue weighted by Crippen LogP contribution is 2.37. The molecule has 0 saturated carbocycles. The molecule has 9 heteroatoms. The van der Waals surface area contributed by atoms with Crippen molar-refractivity contribution in [3.8, 4) is 0 Å². The van der Waals surface area contributed by atoms with Gasteiger partial charge in [-0.25, -0.2) is 8.42 Å². The maximum Gasteiger partial charge on any atom is 0.244 e. The number of sulfonamides is 1. The van der Waals surface area contributed by atoms with Crippen molar-refractivity contribution in [2.45, 2.75) is 38.0 Å². The summed E-state index contributed by atoms with van der Waals surface area (Å²) in [5.74, 6) is -0.316. The molecule has 2 aromatic rings. The highest BCUT2D eigenvalue weighted by atomic mass is 79.9. The summed E-state index contributed by atoms with van der Waals surface area (Å²) in [7, 11) is -2.00. The van der Waals surface area contributed by atoms with Crippen LogP contribution in [-0.2, 0) is 26.0 Å². The number of anilines is 2. The quantitative estimate of drug-likeness (QED) is 0.599. The van der Waals surface area contributed by atoms with Crippen molar-refractivity contribution in [1.29, 1.82) is 0 Å². The number of fused-ring (bicyclic) bond motifs is 1. The standard InChI is InChI=1S/C24H28BrN3O4S/c1-16-5-4-6-20(13-16)26(3)24(30)18-7-10-27(11-8-18)33(31,32)23-15-22-19(14-21(23)25)9-12-28(22)17(2)29/h4-6,13-15,18H,7-12H2,1-3H3. The molecular formula is C24H28BrN3O4S. The number of piperidine rings is 1. The fourth-order valence-electron chi connectivity index (χ4n) is 4.63. The molecule has 1 fully saturated rings. The van der Waals surface area contributed by atoms with Crippen molar-refractivity contribution in [3.05, 3.63) is 52.0 Å². The molecule has 0 radical (unpaired) electrons. The summed E-state index contributed by atoms with van der Waals surface area (Å²) in [5, 5.41) is 0. The van der Waals surface area contributed by atoms with Gasteiger partial charge in [0.1, 0.15) is 0 Å². The smallest absolute Gasteiger partial charge is 0.244 e. The fourth-order valence-corrected chi connectivity index (χ4v) is 7.17. The largest absolute Gasteiger partial charge is 0.315 e. The van der Waals surface area contributed by atoms with Gasteiger partial charge in [0.2, 0.25) is 21.8 Å². The Morgan fingerprint density at radius 3 is 2.42 bits per heavy atom. The molecule has 2 aromatic carbocycles. The Hall–Kier alpha value is -2.23. The van der Waals surface area contributed by atoms with Crippen molar-refractivity contribution < 1.29 is 18.0 Å². The van der Waals surface area contributed by atoms with E-state index in [-0.39, 0.29) is 35.7 Å². The van der Waals surface area contributed by atoms with Gasteiger partial charge in [0.05, 0.1) is 4.90 Å². The molecule has 0 aliphatic carbocycles. The Labute approximate surface area is 203 Å². The number of hydrogen-bond donors (Lipinski definition) is 0. The van der Waals surface area contributed by atoms with Gasteiger partial charge in [-0.05, 0) is 77.5 Å². The molecule has 2 heterocycles. The molecule has 1 saturated heterocycles. The van der Waals surface area contributed by atoms with Crippen LogP contribution in [0.3, 0.4) is 0 Å². The van der Waals surface area contributed by atoms with Gasteiger partial charge in [-0.3, -0.25) is 9.59 Å². The molecular weight excluding hydrogens is 506 g/mol. The first-order valence-corrected chi connectivity index (χ1v) is 13.3. The molecule has 0 atom stereocenters. The molecule has 33 heavy (non-hydrogen) atoms. The van der Waals surface area contributed by atoms with Gasteiger partial charge in [0.25, 0.3) is 0 Å². The van der Waals surface area contributed by atoms with E-state index < -0.39 is 10.0 Å². The van der Waals surface area contributed by atoms with Crippen LogP contribution in [0, 0.1) is 12.8 Å². The minimum Gasteiger partial charge on any atom is -0.315 e. The maximum atomic E-state index is 13.5. The number of benzene rings is 2. The maximum absolute atomic E-state index is 13.5. The molecule has 7 nitrogen and oxygen atoms in total. The second-order valence-electron chi connectivity index (χ2n) is 8.75. The zero-order valence-corrected chi connectivity index (χ0v) is 21.4. The van der Waals surface area contributed by atoms with Crippen molar-refractivity contribution in [1.82, 2.24) is 4.31 Å². The minimum absolute atomic E-state index is 0.00783. The van der Waals surface area contributed by atoms with Crippen LogP contribution < -0.4 is 9.80 Å². The van der Waals surface area contributed by atoms with E-state index in [1.165, 1.54) is 11.2 Å². The van der Waals surface area contributed by atoms with Gasteiger partial charge in [-0.1, -0.05) is 12.1 Å². The topological polar surface area (TPSA) is 78.0 Å². The van der Waals surface area contributed by atoms with E-state index in [0.717, 1.165) is 16.8 Å². The first-order chi connectivity index (χ1) is 15.6. The van der Waals surface area contributed by atoms with Crippen LogP contribution in [0.1, 0.15) is 30.9 Å². The van der Waals surface area contributed by atoms with Crippen molar-refractivity contribution in [2.24, 2.45) is 5.92 Å². The summed E-state index contributed by atoms with van der Waals surface area (Å²) in [6.45, 7) is 4.59. The van der Waals surface area contributed by atoms with E-state index in [9.17, 15) is 18.0 Å². The second kappa shape index (κ2) is 9.19. The van der Waals surface area contributed by atoms with Crippen LogP contribution in [0.25, 0.3) is 0 Å². The van der Waals surface area contributed by atoms with Crippen LogP contribution in [0.5, 0.6) is 0 Å². The third-order valence-corrected chi connectivity index (χ3v) is 9.41. The Morgan fingerprint density at radius 2 is 1.79 bits per heavy atom. The first kappa shape index (κ1) is 23.9. The summed E-state index contributed by atoms with van der Waals surface area (Å²) in [5.41, 5.74) is 3.54. The van der Waals surface area contributed by atoms with Gasteiger partial charge in [0.15, 0.2) is 0 Å². The summed E-state index contributed by atoms with van der Waals surface area (Å²) in [6.07, 6.45) is 1.64. The number of carbonyl (C=O) groups excluding carboxylic acids is 2. The van der Waals surface area contributed by atoms with Gasteiger partial charge >= 0.3 is 0 Å². The van der Waals surface area contributed by atoms with Crippen LogP contribution in [0.2, 0.25) is 0 Å². The molecule has 0 bridgehead atoms. The van der Waals surface area contributed by atoms with Crippen LogP contribution in [-0.4, -0.2) is 51.2 Å². The highest BCUT2D eigenvalue weighted by molar-refractivity contribution is 9.10. The highest BCUT2D eigenvalue weighted by Gasteiger charge is 2.35. The Balaban J connectivity index is 1.49. The lowest BCUT2D eigenvalue weighted by molar-refractivity contribution is -0.123. The average molecular weight is 534 g/mol. The number of aryl methyl sites for hydroxylation is 1. The lowest BCUT2D eigenvalue weighted by Gasteiger charge is -2.33. The van der Waals surface area contributed by atoms with Gasteiger partial charge in [0, 0.05) is 55.4 Å². The van der Waals surface area contributed by atoms with Crippen LogP contribution in [0.4, 0.5) is 11.4 Å². The third kappa shape index (κ3) is 4.58. The minimum atomic E-state index is -3.77. The van der Waals surface area contributed by atoms with Gasteiger partial charge < -0.3 is 9.80 Å². The van der Waals surface area contributed by atoms with Crippen molar-refractivity contribution in [3.63, 3.8) is 0 Å². The lowest BCUT2D eigenvalue weighted by Crippen LogP contribution is -2.43. The molecule has 2 amide bonds. The molecule has 0 unspecified atom stereocenters. The predicted octanol–water partition coefficient (Wildman–Crippen LogP) is 3.73. The number of halogens is 1. The predicted molar refractivity (Wildman–Crippen MR) is 132 cm³/mol. The summed E-state index contributed by atoms with van der Waals surface area (Å²) < 4.78 is 28.9. The molecule has 176 valence electrons. The normalized spacial score (nSPS) is 17.2. The lowest BCUT2D eigenvalue weighted by atomic mass is 9.96. The Kier molecular flexibility index (Phi) is 6.66. The van der Waals surface area contributed by atoms with Crippen molar-refractivity contribution >= 4 is 49.1 Å². The summed E-state index contributed by atoms with van der Waals surface area (Å²) >= 11 is 3.43.